The predicted octanol–water partition coefficient (Wildman–Crippen LogP) is 2.79. The van der Waals surface area contributed by atoms with Crippen LogP contribution >= 0.6 is 11.6 Å². The standard InChI is InChI=1S/C15H20ClNO/c16-14-4-2-1-3-12(14)13(8-17)15(18)11-6-9-5-10(9)7-11/h1-4,9-11,13,15,18H,5-8,17H2. The molecule has 0 aromatic heterocycles. The second-order valence-electron chi connectivity index (χ2n) is 5.84. The Morgan fingerprint density at radius 3 is 2.50 bits per heavy atom. The van der Waals surface area contributed by atoms with Crippen molar-refractivity contribution < 1.29 is 5.11 Å². The second kappa shape index (κ2) is 4.84. The van der Waals surface area contributed by atoms with Crippen LogP contribution in [0.15, 0.2) is 24.3 Å². The predicted molar refractivity (Wildman–Crippen MR) is 73.6 cm³/mol. The third-order valence-corrected chi connectivity index (χ3v) is 5.08. The van der Waals surface area contributed by atoms with Crippen LogP contribution < -0.4 is 5.73 Å². The van der Waals surface area contributed by atoms with Crippen LogP contribution in [0.1, 0.15) is 30.7 Å². The van der Waals surface area contributed by atoms with Gasteiger partial charge in [0.15, 0.2) is 0 Å². The van der Waals surface area contributed by atoms with Gasteiger partial charge in [-0.2, -0.15) is 0 Å². The van der Waals surface area contributed by atoms with Crippen molar-refractivity contribution in [2.24, 2.45) is 23.5 Å². The Balaban J connectivity index is 1.77. The lowest BCUT2D eigenvalue weighted by Crippen LogP contribution is -2.32. The van der Waals surface area contributed by atoms with Gasteiger partial charge in [-0.05, 0) is 48.6 Å². The van der Waals surface area contributed by atoms with Crippen LogP contribution in [-0.4, -0.2) is 17.8 Å². The van der Waals surface area contributed by atoms with Crippen LogP contribution in [0.4, 0.5) is 0 Å². The molecule has 4 unspecified atom stereocenters. The number of aliphatic hydroxyl groups is 1. The highest BCUT2D eigenvalue weighted by Crippen LogP contribution is 2.56. The third-order valence-electron chi connectivity index (χ3n) is 4.73. The Hall–Kier alpha value is -0.570. The molecule has 2 fully saturated rings. The van der Waals surface area contributed by atoms with E-state index in [0.29, 0.717) is 12.5 Å². The van der Waals surface area contributed by atoms with Crippen LogP contribution in [0.3, 0.4) is 0 Å². The minimum atomic E-state index is -0.345. The van der Waals surface area contributed by atoms with Crippen molar-refractivity contribution in [3.05, 3.63) is 34.9 Å². The zero-order valence-corrected chi connectivity index (χ0v) is 11.2. The quantitative estimate of drug-likeness (QED) is 0.879. The SMILES string of the molecule is NCC(c1ccccc1Cl)C(O)C1CC2CC2C1. The molecular formula is C15H20ClNO. The summed E-state index contributed by atoms with van der Waals surface area (Å²) in [5.74, 6) is 2.16. The Morgan fingerprint density at radius 2 is 1.89 bits per heavy atom. The van der Waals surface area contributed by atoms with Crippen molar-refractivity contribution in [1.82, 2.24) is 0 Å². The van der Waals surface area contributed by atoms with E-state index in [0.717, 1.165) is 22.4 Å². The third kappa shape index (κ3) is 2.18. The summed E-state index contributed by atoms with van der Waals surface area (Å²) in [5.41, 5.74) is 6.86. The lowest BCUT2D eigenvalue weighted by molar-refractivity contribution is 0.0790. The van der Waals surface area contributed by atoms with Gasteiger partial charge in [-0.1, -0.05) is 29.8 Å². The molecule has 2 aliphatic carbocycles. The molecule has 0 spiro atoms. The number of aliphatic hydroxyl groups excluding tert-OH is 1. The largest absolute Gasteiger partial charge is 0.392 e. The molecule has 18 heavy (non-hydrogen) atoms. The number of benzene rings is 1. The van der Waals surface area contributed by atoms with Crippen molar-refractivity contribution in [1.29, 1.82) is 0 Å². The van der Waals surface area contributed by atoms with Crippen molar-refractivity contribution in [3.8, 4) is 0 Å². The maximum Gasteiger partial charge on any atom is 0.0649 e. The molecular weight excluding hydrogens is 246 g/mol. The number of nitrogens with two attached hydrogens (primary N) is 1. The molecule has 3 rings (SSSR count). The fraction of sp³-hybridized carbons (Fsp3) is 0.600. The summed E-state index contributed by atoms with van der Waals surface area (Å²) in [4.78, 5) is 0. The smallest absolute Gasteiger partial charge is 0.0649 e. The van der Waals surface area contributed by atoms with E-state index in [1.165, 1.54) is 19.3 Å². The highest BCUT2D eigenvalue weighted by atomic mass is 35.5. The Kier molecular flexibility index (Phi) is 3.35. The van der Waals surface area contributed by atoms with E-state index < -0.39 is 0 Å². The van der Waals surface area contributed by atoms with Gasteiger partial charge in [0.2, 0.25) is 0 Å². The molecule has 0 amide bonds. The van der Waals surface area contributed by atoms with Crippen LogP contribution in [-0.2, 0) is 0 Å². The molecule has 3 heteroatoms. The van der Waals surface area contributed by atoms with Gasteiger partial charge in [-0.3, -0.25) is 0 Å². The van der Waals surface area contributed by atoms with E-state index in [2.05, 4.69) is 0 Å². The molecule has 2 aliphatic rings. The lowest BCUT2D eigenvalue weighted by Gasteiger charge is -2.28. The van der Waals surface area contributed by atoms with Gasteiger partial charge in [-0.15, -0.1) is 0 Å². The monoisotopic (exact) mass is 265 g/mol. The average Bonchev–Trinajstić information content (AvgIpc) is 2.99. The van der Waals surface area contributed by atoms with Crippen molar-refractivity contribution in [3.63, 3.8) is 0 Å². The first-order chi connectivity index (χ1) is 8.70. The van der Waals surface area contributed by atoms with Gasteiger partial charge in [0, 0.05) is 17.5 Å². The van der Waals surface area contributed by atoms with Crippen molar-refractivity contribution in [2.75, 3.05) is 6.54 Å². The maximum atomic E-state index is 10.6. The van der Waals surface area contributed by atoms with Crippen LogP contribution in [0.25, 0.3) is 0 Å². The van der Waals surface area contributed by atoms with E-state index in [1.807, 2.05) is 24.3 Å². The molecule has 98 valence electrons. The van der Waals surface area contributed by atoms with E-state index in [4.69, 9.17) is 17.3 Å². The normalized spacial score (nSPS) is 32.9. The number of fused-ring (bicyclic) bond motifs is 1. The highest BCUT2D eigenvalue weighted by molar-refractivity contribution is 6.31. The number of rotatable bonds is 4. The molecule has 2 saturated carbocycles. The second-order valence-corrected chi connectivity index (χ2v) is 6.25. The lowest BCUT2D eigenvalue weighted by atomic mass is 9.83. The summed E-state index contributed by atoms with van der Waals surface area (Å²) in [6.07, 6.45) is 3.38. The zero-order chi connectivity index (χ0) is 12.7. The van der Waals surface area contributed by atoms with Gasteiger partial charge >= 0.3 is 0 Å². The molecule has 0 bridgehead atoms. The first kappa shape index (κ1) is 12.5. The van der Waals surface area contributed by atoms with Crippen LogP contribution in [0.5, 0.6) is 0 Å². The zero-order valence-electron chi connectivity index (χ0n) is 10.4. The maximum absolute atomic E-state index is 10.6. The average molecular weight is 266 g/mol. The molecule has 4 atom stereocenters. The molecule has 0 aliphatic heterocycles. The van der Waals surface area contributed by atoms with E-state index in [-0.39, 0.29) is 12.0 Å². The summed E-state index contributed by atoms with van der Waals surface area (Å²) in [7, 11) is 0. The van der Waals surface area contributed by atoms with E-state index >= 15 is 0 Å². The van der Waals surface area contributed by atoms with Gasteiger partial charge in [0.05, 0.1) is 6.10 Å². The van der Waals surface area contributed by atoms with Gasteiger partial charge in [0.1, 0.15) is 0 Å². The Bertz CT molecular complexity index is 426. The molecule has 2 nitrogen and oxygen atoms in total. The molecule has 1 aromatic carbocycles. The number of hydrogen-bond acceptors (Lipinski definition) is 2. The highest BCUT2D eigenvalue weighted by Gasteiger charge is 2.48. The first-order valence-corrected chi connectivity index (χ1v) is 7.21. The number of hydrogen-bond donors (Lipinski definition) is 2. The molecule has 0 radical (unpaired) electrons. The Morgan fingerprint density at radius 1 is 1.22 bits per heavy atom. The molecule has 0 heterocycles. The van der Waals surface area contributed by atoms with Gasteiger partial charge in [0.25, 0.3) is 0 Å². The van der Waals surface area contributed by atoms with E-state index in [9.17, 15) is 5.11 Å². The molecule has 1 aromatic rings. The Labute approximate surface area is 113 Å². The summed E-state index contributed by atoms with van der Waals surface area (Å²) in [6.45, 7) is 0.455. The minimum Gasteiger partial charge on any atom is -0.392 e. The fourth-order valence-electron chi connectivity index (χ4n) is 3.60. The van der Waals surface area contributed by atoms with Gasteiger partial charge < -0.3 is 10.8 Å². The topological polar surface area (TPSA) is 46.2 Å². The molecule has 3 N–H and O–H groups in total. The summed E-state index contributed by atoms with van der Waals surface area (Å²) in [5, 5.41) is 11.3. The van der Waals surface area contributed by atoms with Crippen molar-refractivity contribution in [2.45, 2.75) is 31.3 Å². The summed E-state index contributed by atoms with van der Waals surface area (Å²) < 4.78 is 0. The fourth-order valence-corrected chi connectivity index (χ4v) is 3.87. The summed E-state index contributed by atoms with van der Waals surface area (Å²) >= 11 is 6.22. The van der Waals surface area contributed by atoms with Gasteiger partial charge in [-0.25, -0.2) is 0 Å². The molecule has 0 saturated heterocycles. The first-order valence-electron chi connectivity index (χ1n) is 6.83. The summed E-state index contributed by atoms with van der Waals surface area (Å²) in [6, 6.07) is 7.73. The van der Waals surface area contributed by atoms with Crippen LogP contribution in [0.2, 0.25) is 5.02 Å². The van der Waals surface area contributed by atoms with Crippen LogP contribution in [0, 0.1) is 17.8 Å². The van der Waals surface area contributed by atoms with Crippen molar-refractivity contribution >= 4 is 11.6 Å². The number of halogens is 1. The minimum absolute atomic E-state index is 0.0267. The van der Waals surface area contributed by atoms with E-state index in [1.54, 1.807) is 0 Å².